The van der Waals surface area contributed by atoms with Gasteiger partial charge in [-0.25, -0.2) is 13.2 Å². The lowest BCUT2D eigenvalue weighted by molar-refractivity contribution is 0.217. The molecule has 6 nitrogen and oxygen atoms in total. The summed E-state index contributed by atoms with van der Waals surface area (Å²) in [5, 5.41) is 4.00. The topological polar surface area (TPSA) is 82.3 Å². The SMILES string of the molecule is CCS(=O)(=O)c1cccc(NC(=O)N2CC=C(c3c[nH]c4ccccc34)CC2)c1. The summed E-state index contributed by atoms with van der Waals surface area (Å²) in [6.45, 7) is 2.71. The molecule has 2 N–H and O–H groups in total. The first kappa shape index (κ1) is 19.3. The zero-order valence-electron chi connectivity index (χ0n) is 16.2. The third-order valence-corrected chi connectivity index (χ3v) is 6.99. The van der Waals surface area contributed by atoms with E-state index in [2.05, 4.69) is 28.5 Å². The molecule has 2 aromatic carbocycles. The lowest BCUT2D eigenvalue weighted by Gasteiger charge is -2.26. The van der Waals surface area contributed by atoms with Crippen LogP contribution in [0.5, 0.6) is 0 Å². The van der Waals surface area contributed by atoms with Crippen LogP contribution in [0.15, 0.2) is 65.7 Å². The molecule has 2 heterocycles. The minimum atomic E-state index is -3.31. The molecule has 0 saturated heterocycles. The first-order valence-corrected chi connectivity index (χ1v) is 11.3. The monoisotopic (exact) mass is 409 g/mol. The number of hydrogen-bond donors (Lipinski definition) is 2. The van der Waals surface area contributed by atoms with Gasteiger partial charge in [-0.1, -0.05) is 37.3 Å². The van der Waals surface area contributed by atoms with Crippen LogP contribution in [0, 0.1) is 0 Å². The van der Waals surface area contributed by atoms with Gasteiger partial charge in [0.15, 0.2) is 9.84 Å². The summed E-state index contributed by atoms with van der Waals surface area (Å²) in [7, 11) is -3.31. The highest BCUT2D eigenvalue weighted by Gasteiger charge is 2.20. The van der Waals surface area contributed by atoms with Crippen LogP contribution < -0.4 is 5.32 Å². The smallest absolute Gasteiger partial charge is 0.322 e. The number of amides is 2. The number of sulfone groups is 1. The molecule has 0 bridgehead atoms. The number of aromatic nitrogens is 1. The van der Waals surface area contributed by atoms with Crippen molar-refractivity contribution in [1.82, 2.24) is 9.88 Å². The highest BCUT2D eigenvalue weighted by Crippen LogP contribution is 2.29. The summed E-state index contributed by atoms with van der Waals surface area (Å²) in [5.74, 6) is 0.0257. The number of fused-ring (bicyclic) bond motifs is 1. The van der Waals surface area contributed by atoms with E-state index >= 15 is 0 Å². The molecule has 1 aliphatic heterocycles. The number of carbonyl (C=O) groups is 1. The van der Waals surface area contributed by atoms with Crippen molar-refractivity contribution in [1.29, 1.82) is 0 Å². The number of urea groups is 1. The van der Waals surface area contributed by atoms with Crippen LogP contribution in [0.2, 0.25) is 0 Å². The van der Waals surface area contributed by atoms with Crippen molar-refractivity contribution in [3.63, 3.8) is 0 Å². The third-order valence-electron chi connectivity index (χ3n) is 5.26. The van der Waals surface area contributed by atoms with Gasteiger partial charge in [-0.05, 0) is 36.3 Å². The number of H-pyrrole nitrogens is 1. The molecule has 1 aromatic heterocycles. The highest BCUT2D eigenvalue weighted by atomic mass is 32.2. The van der Waals surface area contributed by atoms with E-state index in [4.69, 9.17) is 0 Å². The Bertz CT molecular complexity index is 1190. The van der Waals surface area contributed by atoms with Crippen molar-refractivity contribution in [2.45, 2.75) is 18.2 Å². The Morgan fingerprint density at radius 3 is 2.76 bits per heavy atom. The molecule has 2 amide bonds. The van der Waals surface area contributed by atoms with Crippen molar-refractivity contribution in [3.05, 3.63) is 66.4 Å². The summed E-state index contributed by atoms with van der Waals surface area (Å²) in [4.78, 5) is 17.9. The summed E-state index contributed by atoms with van der Waals surface area (Å²) in [6, 6.07) is 14.3. The average Bonchev–Trinajstić information content (AvgIpc) is 3.18. The van der Waals surface area contributed by atoms with E-state index < -0.39 is 9.84 Å². The Balaban J connectivity index is 1.46. The van der Waals surface area contributed by atoms with E-state index in [9.17, 15) is 13.2 Å². The van der Waals surface area contributed by atoms with Crippen molar-refractivity contribution >= 4 is 38.0 Å². The van der Waals surface area contributed by atoms with E-state index in [1.165, 1.54) is 22.6 Å². The van der Waals surface area contributed by atoms with Gasteiger partial charge in [0.25, 0.3) is 0 Å². The van der Waals surface area contributed by atoms with Gasteiger partial charge in [0.2, 0.25) is 0 Å². The number of nitrogens with zero attached hydrogens (tertiary/aromatic N) is 1. The molecule has 0 atom stereocenters. The second kappa shape index (κ2) is 7.75. The number of aromatic amines is 1. The molecule has 0 saturated carbocycles. The fourth-order valence-electron chi connectivity index (χ4n) is 3.57. The molecular weight excluding hydrogens is 386 g/mol. The standard InChI is InChI=1S/C22H23N3O3S/c1-2-29(27,28)18-7-5-6-17(14-18)24-22(26)25-12-10-16(11-13-25)20-15-23-21-9-4-3-8-19(20)21/h3-10,14-15,23H,2,11-13H2,1H3,(H,24,26). The average molecular weight is 410 g/mol. The second-order valence-corrected chi connectivity index (χ2v) is 9.31. The minimum absolute atomic E-state index is 0.0257. The van der Waals surface area contributed by atoms with Crippen molar-refractivity contribution < 1.29 is 13.2 Å². The second-order valence-electron chi connectivity index (χ2n) is 7.03. The molecular formula is C22H23N3O3S. The number of nitrogens with one attached hydrogen (secondary N) is 2. The maximum atomic E-state index is 12.6. The molecule has 7 heteroatoms. The maximum absolute atomic E-state index is 12.6. The Hall–Kier alpha value is -3.06. The van der Waals surface area contributed by atoms with Crippen molar-refractivity contribution in [3.8, 4) is 0 Å². The maximum Gasteiger partial charge on any atom is 0.322 e. The fourth-order valence-corrected chi connectivity index (χ4v) is 4.50. The molecule has 150 valence electrons. The largest absolute Gasteiger partial charge is 0.361 e. The van der Waals surface area contributed by atoms with Gasteiger partial charge in [-0.2, -0.15) is 0 Å². The molecule has 4 rings (SSSR count). The summed E-state index contributed by atoms with van der Waals surface area (Å²) in [5.41, 5.74) is 3.99. The Kier molecular flexibility index (Phi) is 5.15. The fraction of sp³-hybridized carbons (Fsp3) is 0.227. The molecule has 1 aliphatic rings. The number of anilines is 1. The summed E-state index contributed by atoms with van der Waals surface area (Å²) >= 11 is 0. The van der Waals surface area contributed by atoms with Gasteiger partial charge in [-0.3, -0.25) is 0 Å². The number of benzene rings is 2. The minimum Gasteiger partial charge on any atom is -0.361 e. The highest BCUT2D eigenvalue weighted by molar-refractivity contribution is 7.91. The van der Waals surface area contributed by atoms with Crippen LogP contribution in [0.25, 0.3) is 16.5 Å². The lowest BCUT2D eigenvalue weighted by Crippen LogP contribution is -2.37. The predicted octanol–water partition coefficient (Wildman–Crippen LogP) is 4.28. The number of carbonyl (C=O) groups excluding carboxylic acids is 1. The van der Waals surface area contributed by atoms with Crippen LogP contribution in [-0.2, 0) is 9.84 Å². The lowest BCUT2D eigenvalue weighted by atomic mass is 9.99. The summed E-state index contributed by atoms with van der Waals surface area (Å²) < 4.78 is 24.1. The van der Waals surface area contributed by atoms with E-state index in [0.717, 1.165) is 11.9 Å². The van der Waals surface area contributed by atoms with E-state index in [0.29, 0.717) is 18.8 Å². The molecule has 3 aromatic rings. The molecule has 0 unspecified atom stereocenters. The van der Waals surface area contributed by atoms with E-state index in [-0.39, 0.29) is 16.7 Å². The van der Waals surface area contributed by atoms with Gasteiger partial charge >= 0.3 is 6.03 Å². The van der Waals surface area contributed by atoms with Crippen LogP contribution in [-0.4, -0.2) is 43.2 Å². The van der Waals surface area contributed by atoms with E-state index in [1.54, 1.807) is 30.0 Å². The third kappa shape index (κ3) is 3.91. The quantitative estimate of drug-likeness (QED) is 0.675. The Morgan fingerprint density at radius 2 is 2.00 bits per heavy atom. The number of rotatable bonds is 4. The molecule has 0 spiro atoms. The van der Waals surface area contributed by atoms with Gasteiger partial charge in [0, 0.05) is 41.4 Å². The normalized spacial score (nSPS) is 14.7. The summed E-state index contributed by atoms with van der Waals surface area (Å²) in [6.07, 6.45) is 4.86. The zero-order valence-corrected chi connectivity index (χ0v) is 17.0. The van der Waals surface area contributed by atoms with Gasteiger partial charge in [-0.15, -0.1) is 0 Å². The molecule has 0 aliphatic carbocycles. The predicted molar refractivity (Wildman–Crippen MR) is 116 cm³/mol. The van der Waals surface area contributed by atoms with Crippen LogP contribution >= 0.6 is 0 Å². The Morgan fingerprint density at radius 1 is 1.17 bits per heavy atom. The zero-order chi connectivity index (χ0) is 20.4. The van der Waals surface area contributed by atoms with Crippen molar-refractivity contribution in [2.75, 3.05) is 24.2 Å². The van der Waals surface area contributed by atoms with Crippen LogP contribution in [0.4, 0.5) is 10.5 Å². The van der Waals surface area contributed by atoms with Crippen LogP contribution in [0.1, 0.15) is 18.9 Å². The van der Waals surface area contributed by atoms with Gasteiger partial charge in [0.1, 0.15) is 0 Å². The van der Waals surface area contributed by atoms with E-state index in [1.807, 2.05) is 18.3 Å². The first-order chi connectivity index (χ1) is 14.0. The molecule has 0 fully saturated rings. The van der Waals surface area contributed by atoms with Gasteiger partial charge in [0.05, 0.1) is 10.6 Å². The number of para-hydroxylation sites is 1. The number of hydrogen-bond acceptors (Lipinski definition) is 3. The molecule has 0 radical (unpaired) electrons. The first-order valence-electron chi connectivity index (χ1n) is 9.62. The Labute approximate surface area is 170 Å². The van der Waals surface area contributed by atoms with Gasteiger partial charge < -0.3 is 15.2 Å². The van der Waals surface area contributed by atoms with Crippen LogP contribution in [0.3, 0.4) is 0 Å². The molecule has 29 heavy (non-hydrogen) atoms. The van der Waals surface area contributed by atoms with Crippen molar-refractivity contribution in [2.24, 2.45) is 0 Å².